The van der Waals surface area contributed by atoms with Crippen LogP contribution in [0.4, 0.5) is 0 Å². The van der Waals surface area contributed by atoms with Crippen molar-refractivity contribution < 1.29 is 14.6 Å². The Hall–Kier alpha value is -2.62. The molecular formula is C15H13NO3. The Balaban J connectivity index is 2.46. The van der Waals surface area contributed by atoms with E-state index >= 15 is 0 Å². The van der Waals surface area contributed by atoms with Crippen LogP contribution in [0, 0.1) is 0 Å². The molecule has 0 aliphatic rings. The predicted molar refractivity (Wildman–Crippen MR) is 72.7 cm³/mol. The summed E-state index contributed by atoms with van der Waals surface area (Å²) >= 11 is 0. The topological polar surface area (TPSA) is 59.4 Å². The fourth-order valence-corrected chi connectivity index (χ4v) is 1.67. The van der Waals surface area contributed by atoms with Gasteiger partial charge in [-0.1, -0.05) is 18.2 Å². The molecule has 19 heavy (non-hydrogen) atoms. The summed E-state index contributed by atoms with van der Waals surface area (Å²) in [5.41, 5.74) is 1.36. The maximum Gasteiger partial charge on any atom is 0.336 e. The molecule has 2 rings (SSSR count). The minimum atomic E-state index is -1.00. The molecule has 2 aromatic rings. The Labute approximate surface area is 111 Å². The fraction of sp³-hybridized carbons (Fsp3) is 0.0667. The molecule has 1 aromatic carbocycles. The number of pyridine rings is 1. The number of benzene rings is 1. The molecule has 0 fully saturated rings. The van der Waals surface area contributed by atoms with Crippen molar-refractivity contribution in [3.63, 3.8) is 0 Å². The van der Waals surface area contributed by atoms with Gasteiger partial charge in [-0.3, -0.25) is 4.98 Å². The van der Waals surface area contributed by atoms with Gasteiger partial charge in [-0.25, -0.2) is 4.79 Å². The van der Waals surface area contributed by atoms with E-state index in [9.17, 15) is 9.90 Å². The average Bonchev–Trinajstić information content (AvgIpc) is 2.45. The average molecular weight is 255 g/mol. The molecule has 0 spiro atoms. The standard InChI is InChI=1S/C15H13NO3/c1-19-13-7-4-5-11(9-13)14(15(17)18)10-12-6-2-3-8-16-12/h2-10H,1H3,(H,17,18)/b14-10+. The number of rotatable bonds is 4. The van der Waals surface area contributed by atoms with Crippen LogP contribution in [0.3, 0.4) is 0 Å². The summed E-state index contributed by atoms with van der Waals surface area (Å²) in [4.78, 5) is 15.5. The third-order valence-electron chi connectivity index (χ3n) is 2.59. The number of aromatic nitrogens is 1. The van der Waals surface area contributed by atoms with E-state index in [0.29, 0.717) is 17.0 Å². The molecule has 0 aliphatic carbocycles. The molecule has 0 aliphatic heterocycles. The molecule has 0 radical (unpaired) electrons. The van der Waals surface area contributed by atoms with E-state index < -0.39 is 5.97 Å². The number of carbonyl (C=O) groups is 1. The summed E-state index contributed by atoms with van der Waals surface area (Å²) in [6.45, 7) is 0. The molecule has 0 unspecified atom stereocenters. The molecular weight excluding hydrogens is 242 g/mol. The third-order valence-corrected chi connectivity index (χ3v) is 2.59. The van der Waals surface area contributed by atoms with E-state index in [1.807, 2.05) is 6.07 Å². The second-order valence-corrected chi connectivity index (χ2v) is 3.85. The quantitative estimate of drug-likeness (QED) is 0.853. The minimum absolute atomic E-state index is 0.178. The smallest absolute Gasteiger partial charge is 0.336 e. The molecule has 0 saturated carbocycles. The number of nitrogens with zero attached hydrogens (tertiary/aromatic N) is 1. The van der Waals surface area contributed by atoms with Crippen molar-refractivity contribution in [1.29, 1.82) is 0 Å². The molecule has 4 nitrogen and oxygen atoms in total. The number of methoxy groups -OCH3 is 1. The first-order chi connectivity index (χ1) is 9.20. The molecule has 1 N–H and O–H groups in total. The van der Waals surface area contributed by atoms with Crippen LogP contribution in [0.25, 0.3) is 11.6 Å². The lowest BCUT2D eigenvalue weighted by Gasteiger charge is -2.05. The summed E-state index contributed by atoms with van der Waals surface area (Å²) in [5, 5.41) is 9.31. The van der Waals surface area contributed by atoms with Crippen molar-refractivity contribution in [2.75, 3.05) is 7.11 Å². The molecule has 0 amide bonds. The largest absolute Gasteiger partial charge is 0.497 e. The normalized spacial score (nSPS) is 11.1. The zero-order valence-electron chi connectivity index (χ0n) is 10.4. The molecule has 1 heterocycles. The van der Waals surface area contributed by atoms with Crippen molar-refractivity contribution in [1.82, 2.24) is 4.98 Å². The van der Waals surface area contributed by atoms with Crippen LogP contribution in [0.2, 0.25) is 0 Å². The first-order valence-corrected chi connectivity index (χ1v) is 5.71. The molecule has 4 heteroatoms. The van der Waals surface area contributed by atoms with Gasteiger partial charge in [-0.2, -0.15) is 0 Å². The Bertz CT molecular complexity index is 606. The summed E-state index contributed by atoms with van der Waals surface area (Å²) in [6, 6.07) is 12.3. The summed E-state index contributed by atoms with van der Waals surface area (Å²) < 4.78 is 5.10. The van der Waals surface area contributed by atoms with Crippen LogP contribution in [0.15, 0.2) is 48.7 Å². The van der Waals surface area contributed by atoms with Gasteiger partial charge in [0.1, 0.15) is 5.75 Å². The van der Waals surface area contributed by atoms with E-state index in [4.69, 9.17) is 4.74 Å². The number of hydrogen-bond donors (Lipinski definition) is 1. The van der Waals surface area contributed by atoms with E-state index in [1.54, 1.807) is 49.7 Å². The van der Waals surface area contributed by atoms with Crippen molar-refractivity contribution in [2.24, 2.45) is 0 Å². The number of ether oxygens (including phenoxy) is 1. The number of carboxylic acid groups (broad SMARTS) is 1. The van der Waals surface area contributed by atoms with Gasteiger partial charge >= 0.3 is 5.97 Å². The molecule has 0 saturated heterocycles. The third kappa shape index (κ3) is 3.19. The van der Waals surface area contributed by atoms with Crippen molar-refractivity contribution in [3.05, 3.63) is 59.9 Å². The second-order valence-electron chi connectivity index (χ2n) is 3.85. The van der Waals surface area contributed by atoms with Gasteiger partial charge in [0.25, 0.3) is 0 Å². The van der Waals surface area contributed by atoms with Gasteiger partial charge in [-0.15, -0.1) is 0 Å². The molecule has 96 valence electrons. The van der Waals surface area contributed by atoms with Gasteiger partial charge in [-0.05, 0) is 35.9 Å². The molecule has 0 bridgehead atoms. The van der Waals surface area contributed by atoms with Gasteiger partial charge in [0.05, 0.1) is 18.4 Å². The summed E-state index contributed by atoms with van der Waals surface area (Å²) in [5.74, 6) is -0.385. The Morgan fingerprint density at radius 1 is 1.26 bits per heavy atom. The predicted octanol–water partition coefficient (Wildman–Crippen LogP) is 2.72. The van der Waals surface area contributed by atoms with Crippen LogP contribution in [-0.2, 0) is 4.79 Å². The van der Waals surface area contributed by atoms with Crippen LogP contribution in [0.5, 0.6) is 5.75 Å². The fourth-order valence-electron chi connectivity index (χ4n) is 1.67. The highest BCUT2D eigenvalue weighted by Gasteiger charge is 2.11. The lowest BCUT2D eigenvalue weighted by atomic mass is 10.0. The zero-order valence-corrected chi connectivity index (χ0v) is 10.4. The van der Waals surface area contributed by atoms with Gasteiger partial charge < -0.3 is 9.84 Å². The van der Waals surface area contributed by atoms with Crippen molar-refractivity contribution >= 4 is 17.6 Å². The summed E-state index contributed by atoms with van der Waals surface area (Å²) in [7, 11) is 1.54. The van der Waals surface area contributed by atoms with Gasteiger partial charge in [0.2, 0.25) is 0 Å². The minimum Gasteiger partial charge on any atom is -0.497 e. The Morgan fingerprint density at radius 3 is 2.74 bits per heavy atom. The lowest BCUT2D eigenvalue weighted by molar-refractivity contribution is -0.130. The van der Waals surface area contributed by atoms with Crippen LogP contribution < -0.4 is 4.74 Å². The van der Waals surface area contributed by atoms with Crippen molar-refractivity contribution in [2.45, 2.75) is 0 Å². The van der Waals surface area contributed by atoms with E-state index in [2.05, 4.69) is 4.98 Å². The molecule has 1 aromatic heterocycles. The second kappa shape index (κ2) is 5.82. The lowest BCUT2D eigenvalue weighted by Crippen LogP contribution is -2.00. The summed E-state index contributed by atoms with van der Waals surface area (Å²) in [6.07, 6.45) is 3.16. The number of hydrogen-bond acceptors (Lipinski definition) is 3. The maximum absolute atomic E-state index is 11.4. The highest BCUT2D eigenvalue weighted by molar-refractivity contribution is 6.20. The number of carboxylic acids is 1. The Kier molecular flexibility index (Phi) is 3.93. The maximum atomic E-state index is 11.4. The Morgan fingerprint density at radius 2 is 2.11 bits per heavy atom. The van der Waals surface area contributed by atoms with Gasteiger partial charge in [0, 0.05) is 6.20 Å². The first kappa shape index (κ1) is 12.8. The van der Waals surface area contributed by atoms with E-state index in [0.717, 1.165) is 0 Å². The highest BCUT2D eigenvalue weighted by atomic mass is 16.5. The number of aliphatic carboxylic acids is 1. The zero-order chi connectivity index (χ0) is 13.7. The van der Waals surface area contributed by atoms with Crippen molar-refractivity contribution in [3.8, 4) is 5.75 Å². The monoisotopic (exact) mass is 255 g/mol. The highest BCUT2D eigenvalue weighted by Crippen LogP contribution is 2.22. The van der Waals surface area contributed by atoms with Crippen LogP contribution in [-0.4, -0.2) is 23.2 Å². The first-order valence-electron chi connectivity index (χ1n) is 5.71. The van der Waals surface area contributed by atoms with E-state index in [1.165, 1.54) is 6.08 Å². The van der Waals surface area contributed by atoms with E-state index in [-0.39, 0.29) is 5.57 Å². The van der Waals surface area contributed by atoms with Crippen LogP contribution >= 0.6 is 0 Å². The molecule has 0 atom stereocenters. The van der Waals surface area contributed by atoms with Gasteiger partial charge in [0.15, 0.2) is 0 Å². The van der Waals surface area contributed by atoms with Crippen LogP contribution in [0.1, 0.15) is 11.3 Å². The SMILES string of the molecule is COc1cccc(/C(=C\c2ccccn2)C(=O)O)c1.